The molecule has 1 saturated carbocycles. The first-order chi connectivity index (χ1) is 9.76. The van der Waals surface area contributed by atoms with Crippen molar-refractivity contribution in [1.29, 1.82) is 5.26 Å². The van der Waals surface area contributed by atoms with Gasteiger partial charge in [0.25, 0.3) is 0 Å². The molecule has 3 N–H and O–H groups in total. The first-order valence-electron chi connectivity index (χ1n) is 6.47. The number of rotatable bonds is 3. The average Bonchev–Trinajstić information content (AvgIpc) is 3.08. The highest BCUT2D eigenvalue weighted by atomic mass is 16.3. The molecule has 2 atom stereocenters. The van der Waals surface area contributed by atoms with Crippen LogP contribution >= 0.6 is 0 Å². The lowest BCUT2D eigenvalue weighted by molar-refractivity contribution is 0.181. The molecule has 0 unspecified atom stereocenters. The van der Waals surface area contributed by atoms with E-state index in [1.165, 1.54) is 12.4 Å². The van der Waals surface area contributed by atoms with Crippen molar-refractivity contribution >= 4 is 11.6 Å². The average molecular weight is 270 g/mol. The van der Waals surface area contributed by atoms with E-state index in [0.717, 1.165) is 25.0 Å². The number of aliphatic hydroxyl groups excluding tert-OH is 1. The molecule has 0 saturated heterocycles. The Hall–Kier alpha value is -2.46. The molecular weight excluding hydrogens is 256 g/mol. The van der Waals surface area contributed by atoms with Crippen LogP contribution in [0.1, 0.15) is 36.6 Å². The van der Waals surface area contributed by atoms with Gasteiger partial charge in [-0.1, -0.05) is 0 Å². The van der Waals surface area contributed by atoms with Crippen LogP contribution in [0, 0.1) is 11.3 Å². The van der Waals surface area contributed by atoms with Crippen LogP contribution in [0.2, 0.25) is 0 Å². The number of H-pyrrole nitrogens is 1. The maximum absolute atomic E-state index is 9.57. The summed E-state index contributed by atoms with van der Waals surface area (Å²) in [6.45, 7) is 0. The van der Waals surface area contributed by atoms with E-state index >= 15 is 0 Å². The monoisotopic (exact) mass is 270 g/mol. The summed E-state index contributed by atoms with van der Waals surface area (Å²) in [7, 11) is 0. The molecule has 3 rings (SSSR count). The maximum atomic E-state index is 9.57. The standard InChI is InChI=1S/C13H14N6O/c14-7-11-13(16-4-3-15-11)17-12-6-10(18-19-12)8-1-2-9(20)5-8/h3-4,6,8-9,20H,1-2,5H2,(H2,16,17,18,19)/t8-,9+/m0/s1. The van der Waals surface area contributed by atoms with E-state index in [-0.39, 0.29) is 11.8 Å². The topological polar surface area (TPSA) is 111 Å². The van der Waals surface area contributed by atoms with Gasteiger partial charge < -0.3 is 10.4 Å². The van der Waals surface area contributed by atoms with Gasteiger partial charge in [0.15, 0.2) is 17.3 Å². The number of anilines is 2. The SMILES string of the molecule is N#Cc1nccnc1Nc1cc([C@H]2CC[C@@H](O)C2)[nH]n1. The largest absolute Gasteiger partial charge is 0.393 e. The molecule has 0 spiro atoms. The Morgan fingerprint density at radius 1 is 1.35 bits per heavy atom. The van der Waals surface area contributed by atoms with Crippen molar-refractivity contribution in [1.82, 2.24) is 20.2 Å². The summed E-state index contributed by atoms with van der Waals surface area (Å²) in [4.78, 5) is 8.00. The molecule has 1 aliphatic carbocycles. The molecule has 7 nitrogen and oxygen atoms in total. The van der Waals surface area contributed by atoms with E-state index < -0.39 is 0 Å². The third kappa shape index (κ3) is 2.46. The third-order valence-corrected chi connectivity index (χ3v) is 3.49. The number of hydrogen-bond acceptors (Lipinski definition) is 6. The van der Waals surface area contributed by atoms with Gasteiger partial charge in [0.2, 0.25) is 0 Å². The molecule has 1 fully saturated rings. The smallest absolute Gasteiger partial charge is 0.183 e. The summed E-state index contributed by atoms with van der Waals surface area (Å²) in [5.74, 6) is 1.29. The van der Waals surface area contributed by atoms with Crippen molar-refractivity contribution in [2.45, 2.75) is 31.3 Å². The Balaban J connectivity index is 1.76. The Labute approximate surface area is 115 Å². The summed E-state index contributed by atoms with van der Waals surface area (Å²) < 4.78 is 0. The Morgan fingerprint density at radius 2 is 2.20 bits per heavy atom. The van der Waals surface area contributed by atoms with Crippen molar-refractivity contribution in [2.24, 2.45) is 0 Å². The Bertz CT molecular complexity index is 646. The lowest BCUT2D eigenvalue weighted by Crippen LogP contribution is -1.99. The predicted molar refractivity (Wildman–Crippen MR) is 71.2 cm³/mol. The van der Waals surface area contributed by atoms with Gasteiger partial charge in [-0.15, -0.1) is 0 Å². The van der Waals surface area contributed by atoms with Crippen molar-refractivity contribution < 1.29 is 5.11 Å². The molecule has 2 aromatic heterocycles. The van der Waals surface area contributed by atoms with Crippen molar-refractivity contribution in [3.63, 3.8) is 0 Å². The van der Waals surface area contributed by atoms with Gasteiger partial charge in [0.05, 0.1) is 6.10 Å². The van der Waals surface area contributed by atoms with Crippen LogP contribution in [-0.4, -0.2) is 31.4 Å². The number of hydrogen-bond donors (Lipinski definition) is 3. The van der Waals surface area contributed by atoms with Gasteiger partial charge in [-0.2, -0.15) is 10.4 Å². The lowest BCUT2D eigenvalue weighted by Gasteiger charge is -2.04. The number of aliphatic hydroxyl groups is 1. The van der Waals surface area contributed by atoms with Gasteiger partial charge in [-0.05, 0) is 19.3 Å². The van der Waals surface area contributed by atoms with Crippen LogP contribution in [0.3, 0.4) is 0 Å². The minimum Gasteiger partial charge on any atom is -0.393 e. The maximum Gasteiger partial charge on any atom is 0.183 e. The number of aromatic nitrogens is 4. The van der Waals surface area contributed by atoms with Crippen LogP contribution in [0.5, 0.6) is 0 Å². The normalized spacial score (nSPS) is 21.6. The second-order valence-electron chi connectivity index (χ2n) is 4.86. The van der Waals surface area contributed by atoms with Gasteiger partial charge in [-0.3, -0.25) is 5.10 Å². The minimum atomic E-state index is -0.218. The van der Waals surface area contributed by atoms with E-state index in [9.17, 15) is 5.11 Å². The van der Waals surface area contributed by atoms with Crippen LogP contribution in [0.15, 0.2) is 18.5 Å². The zero-order valence-electron chi connectivity index (χ0n) is 10.7. The van der Waals surface area contributed by atoms with Crippen LogP contribution in [-0.2, 0) is 0 Å². The number of nitrogens with one attached hydrogen (secondary N) is 2. The van der Waals surface area contributed by atoms with E-state index in [2.05, 4.69) is 25.5 Å². The molecule has 0 radical (unpaired) electrons. The highest BCUT2D eigenvalue weighted by Gasteiger charge is 2.25. The molecule has 0 aliphatic heterocycles. The Kier molecular flexibility index (Phi) is 3.31. The predicted octanol–water partition coefficient (Wildman–Crippen LogP) is 1.44. The zero-order valence-corrected chi connectivity index (χ0v) is 10.7. The molecule has 2 heterocycles. The molecule has 20 heavy (non-hydrogen) atoms. The molecule has 0 aromatic carbocycles. The summed E-state index contributed by atoms with van der Waals surface area (Å²) in [5.41, 5.74) is 1.22. The molecule has 102 valence electrons. The quantitative estimate of drug-likeness (QED) is 0.778. The van der Waals surface area contributed by atoms with E-state index in [1.807, 2.05) is 12.1 Å². The van der Waals surface area contributed by atoms with Gasteiger partial charge in [-0.25, -0.2) is 9.97 Å². The highest BCUT2D eigenvalue weighted by Crippen LogP contribution is 2.34. The minimum absolute atomic E-state index is 0.218. The molecule has 7 heteroatoms. The molecular formula is C13H14N6O. The second kappa shape index (κ2) is 5.27. The van der Waals surface area contributed by atoms with Crippen LogP contribution in [0.25, 0.3) is 0 Å². The van der Waals surface area contributed by atoms with Crippen molar-refractivity contribution in [3.8, 4) is 6.07 Å². The molecule has 0 amide bonds. The van der Waals surface area contributed by atoms with Gasteiger partial charge >= 0.3 is 0 Å². The van der Waals surface area contributed by atoms with Crippen molar-refractivity contribution in [2.75, 3.05) is 5.32 Å². The fourth-order valence-corrected chi connectivity index (χ4v) is 2.48. The first kappa shape index (κ1) is 12.6. The Morgan fingerprint density at radius 3 is 2.95 bits per heavy atom. The number of aromatic amines is 1. The summed E-state index contributed by atoms with van der Waals surface area (Å²) in [6.07, 6.45) is 5.32. The number of nitrogens with zero attached hydrogens (tertiary/aromatic N) is 4. The second-order valence-corrected chi connectivity index (χ2v) is 4.86. The fourth-order valence-electron chi connectivity index (χ4n) is 2.48. The molecule has 1 aliphatic rings. The zero-order chi connectivity index (χ0) is 13.9. The van der Waals surface area contributed by atoms with Gasteiger partial charge in [0, 0.05) is 30.1 Å². The van der Waals surface area contributed by atoms with Crippen LogP contribution in [0.4, 0.5) is 11.6 Å². The third-order valence-electron chi connectivity index (χ3n) is 3.49. The lowest BCUT2D eigenvalue weighted by atomic mass is 10.0. The fraction of sp³-hybridized carbons (Fsp3) is 0.385. The highest BCUT2D eigenvalue weighted by molar-refractivity contribution is 5.57. The molecule has 2 aromatic rings. The van der Waals surface area contributed by atoms with E-state index in [0.29, 0.717) is 17.6 Å². The van der Waals surface area contributed by atoms with Gasteiger partial charge in [0.1, 0.15) is 6.07 Å². The van der Waals surface area contributed by atoms with E-state index in [4.69, 9.17) is 5.26 Å². The van der Waals surface area contributed by atoms with E-state index in [1.54, 1.807) is 0 Å². The summed E-state index contributed by atoms with van der Waals surface area (Å²) in [6, 6.07) is 3.86. The van der Waals surface area contributed by atoms with Crippen LogP contribution < -0.4 is 5.32 Å². The first-order valence-corrected chi connectivity index (χ1v) is 6.47. The molecule has 0 bridgehead atoms. The summed E-state index contributed by atoms with van der Waals surface area (Å²) in [5, 5.41) is 28.6. The summed E-state index contributed by atoms with van der Waals surface area (Å²) >= 11 is 0. The van der Waals surface area contributed by atoms with Crippen molar-refractivity contribution in [3.05, 3.63) is 29.8 Å². The number of nitriles is 1.